The van der Waals surface area contributed by atoms with Crippen molar-refractivity contribution >= 4 is 22.5 Å². The highest BCUT2D eigenvalue weighted by molar-refractivity contribution is 5.94. The van der Waals surface area contributed by atoms with Crippen LogP contribution in [0.5, 0.6) is 5.75 Å². The molecule has 0 radical (unpaired) electrons. The molecule has 0 N–H and O–H groups in total. The SMILES string of the molecule is COc1ccc(-c2nnc3c4cc(C)ccc4nc(N4CCCC4)n23)cc1. The van der Waals surface area contributed by atoms with E-state index in [-0.39, 0.29) is 0 Å². The molecule has 1 aliphatic rings. The van der Waals surface area contributed by atoms with Crippen molar-refractivity contribution in [3.63, 3.8) is 0 Å². The number of fused-ring (bicyclic) bond motifs is 3. The summed E-state index contributed by atoms with van der Waals surface area (Å²) in [5.74, 6) is 2.56. The van der Waals surface area contributed by atoms with Crippen LogP contribution in [0.2, 0.25) is 0 Å². The quantitative estimate of drug-likeness (QED) is 0.556. The minimum atomic E-state index is 0.811. The Morgan fingerprint density at radius 2 is 1.74 bits per heavy atom. The van der Waals surface area contributed by atoms with Gasteiger partial charge in [-0.15, -0.1) is 10.2 Å². The lowest BCUT2D eigenvalue weighted by Crippen LogP contribution is -2.22. The van der Waals surface area contributed by atoms with Crippen LogP contribution < -0.4 is 9.64 Å². The van der Waals surface area contributed by atoms with Gasteiger partial charge in [0.1, 0.15) is 5.75 Å². The third kappa shape index (κ3) is 2.60. The van der Waals surface area contributed by atoms with Gasteiger partial charge in [-0.05, 0) is 56.2 Å². The van der Waals surface area contributed by atoms with E-state index in [9.17, 15) is 0 Å². The van der Waals surface area contributed by atoms with Crippen LogP contribution >= 0.6 is 0 Å². The number of nitrogens with zero attached hydrogens (tertiary/aromatic N) is 5. The number of aromatic nitrogens is 4. The number of ether oxygens (including phenoxy) is 1. The molecule has 0 bridgehead atoms. The first-order chi connectivity index (χ1) is 13.2. The van der Waals surface area contributed by atoms with Gasteiger partial charge in [-0.1, -0.05) is 11.6 Å². The third-order valence-corrected chi connectivity index (χ3v) is 5.21. The van der Waals surface area contributed by atoms with Crippen molar-refractivity contribution in [2.75, 3.05) is 25.1 Å². The Hall–Kier alpha value is -3.15. The molecule has 0 atom stereocenters. The smallest absolute Gasteiger partial charge is 0.213 e. The average molecular weight is 359 g/mol. The molecule has 1 fully saturated rings. The number of benzene rings is 2. The van der Waals surface area contributed by atoms with Crippen molar-refractivity contribution in [3.8, 4) is 17.1 Å². The highest BCUT2D eigenvalue weighted by Gasteiger charge is 2.22. The standard InChI is InChI=1S/C21H21N5O/c1-14-5-10-18-17(13-14)20-24-23-19(15-6-8-16(27-2)9-7-15)26(20)21(22-18)25-11-3-4-12-25/h5-10,13H,3-4,11-12H2,1-2H3. The Balaban J connectivity index is 1.81. The molecule has 0 aliphatic carbocycles. The van der Waals surface area contributed by atoms with Crippen molar-refractivity contribution in [1.82, 2.24) is 19.6 Å². The summed E-state index contributed by atoms with van der Waals surface area (Å²) in [7, 11) is 1.67. The first kappa shape index (κ1) is 16.1. The van der Waals surface area contributed by atoms with Crippen molar-refractivity contribution in [1.29, 1.82) is 0 Å². The summed E-state index contributed by atoms with van der Waals surface area (Å²) in [4.78, 5) is 7.34. The summed E-state index contributed by atoms with van der Waals surface area (Å²) in [6, 6.07) is 14.2. The number of hydrogen-bond acceptors (Lipinski definition) is 5. The van der Waals surface area contributed by atoms with Gasteiger partial charge >= 0.3 is 0 Å². The van der Waals surface area contributed by atoms with Gasteiger partial charge in [0, 0.05) is 24.0 Å². The van der Waals surface area contributed by atoms with Crippen LogP contribution in [0.3, 0.4) is 0 Å². The van der Waals surface area contributed by atoms with Crippen LogP contribution in [0.25, 0.3) is 27.9 Å². The molecule has 2 aromatic heterocycles. The molecule has 3 heterocycles. The molecule has 136 valence electrons. The van der Waals surface area contributed by atoms with Gasteiger partial charge in [-0.3, -0.25) is 0 Å². The first-order valence-corrected chi connectivity index (χ1v) is 9.29. The summed E-state index contributed by atoms with van der Waals surface area (Å²) >= 11 is 0. The number of aryl methyl sites for hydroxylation is 1. The van der Waals surface area contributed by atoms with Crippen LogP contribution in [-0.4, -0.2) is 39.8 Å². The average Bonchev–Trinajstić information content (AvgIpc) is 3.38. The molecular formula is C21H21N5O. The molecule has 1 aliphatic heterocycles. The molecule has 27 heavy (non-hydrogen) atoms. The summed E-state index contributed by atoms with van der Waals surface area (Å²) in [6.45, 7) is 4.12. The van der Waals surface area contributed by atoms with E-state index >= 15 is 0 Å². The molecule has 1 saturated heterocycles. The Labute approximate surface area is 157 Å². The lowest BCUT2D eigenvalue weighted by molar-refractivity contribution is 0.415. The van der Waals surface area contributed by atoms with Gasteiger partial charge in [0.05, 0.1) is 12.6 Å². The fourth-order valence-electron chi connectivity index (χ4n) is 3.79. The molecular weight excluding hydrogens is 338 g/mol. The second-order valence-electron chi connectivity index (χ2n) is 7.04. The van der Waals surface area contributed by atoms with Crippen LogP contribution in [0.1, 0.15) is 18.4 Å². The summed E-state index contributed by atoms with van der Waals surface area (Å²) in [5, 5.41) is 10.1. The summed E-state index contributed by atoms with van der Waals surface area (Å²) < 4.78 is 7.39. The Morgan fingerprint density at radius 3 is 2.48 bits per heavy atom. The zero-order chi connectivity index (χ0) is 18.4. The van der Waals surface area contributed by atoms with Gasteiger partial charge < -0.3 is 9.64 Å². The van der Waals surface area contributed by atoms with Gasteiger partial charge in [-0.2, -0.15) is 0 Å². The number of methoxy groups -OCH3 is 1. The zero-order valence-electron chi connectivity index (χ0n) is 15.5. The highest BCUT2D eigenvalue weighted by atomic mass is 16.5. The van der Waals surface area contributed by atoms with E-state index in [0.717, 1.165) is 52.7 Å². The Morgan fingerprint density at radius 1 is 0.963 bits per heavy atom. The van der Waals surface area contributed by atoms with E-state index in [1.807, 2.05) is 24.3 Å². The Bertz CT molecular complexity index is 1130. The molecule has 2 aromatic carbocycles. The van der Waals surface area contributed by atoms with E-state index < -0.39 is 0 Å². The van der Waals surface area contributed by atoms with Crippen LogP contribution in [0, 0.1) is 6.92 Å². The maximum atomic E-state index is 5.29. The van der Waals surface area contributed by atoms with E-state index in [1.165, 1.54) is 18.4 Å². The summed E-state index contributed by atoms with van der Waals surface area (Å²) in [6.07, 6.45) is 2.38. The van der Waals surface area contributed by atoms with Gasteiger partial charge in [-0.25, -0.2) is 9.38 Å². The molecule has 0 saturated carbocycles. The van der Waals surface area contributed by atoms with Crippen molar-refractivity contribution < 1.29 is 4.74 Å². The van der Waals surface area contributed by atoms with E-state index in [0.29, 0.717) is 0 Å². The minimum absolute atomic E-state index is 0.811. The lowest BCUT2D eigenvalue weighted by Gasteiger charge is -2.19. The molecule has 4 aromatic rings. The van der Waals surface area contributed by atoms with Gasteiger partial charge in [0.15, 0.2) is 11.5 Å². The monoisotopic (exact) mass is 359 g/mol. The molecule has 5 rings (SSSR count). The minimum Gasteiger partial charge on any atom is -0.497 e. The number of anilines is 1. The second kappa shape index (κ2) is 6.23. The predicted molar refractivity (Wildman–Crippen MR) is 106 cm³/mol. The van der Waals surface area contributed by atoms with E-state index in [1.54, 1.807) is 7.11 Å². The van der Waals surface area contributed by atoms with Crippen molar-refractivity contribution in [2.24, 2.45) is 0 Å². The molecule has 0 amide bonds. The van der Waals surface area contributed by atoms with Crippen molar-refractivity contribution in [2.45, 2.75) is 19.8 Å². The largest absolute Gasteiger partial charge is 0.497 e. The molecule has 6 heteroatoms. The molecule has 0 spiro atoms. The van der Waals surface area contributed by atoms with E-state index in [2.05, 4.69) is 44.6 Å². The molecule has 6 nitrogen and oxygen atoms in total. The topological polar surface area (TPSA) is 55.6 Å². The fraction of sp³-hybridized carbons (Fsp3) is 0.286. The molecule has 0 unspecified atom stereocenters. The maximum Gasteiger partial charge on any atom is 0.213 e. The predicted octanol–water partition coefficient (Wildman–Crippen LogP) is 3.86. The number of hydrogen-bond donors (Lipinski definition) is 0. The van der Waals surface area contributed by atoms with E-state index in [4.69, 9.17) is 9.72 Å². The van der Waals surface area contributed by atoms with Crippen LogP contribution in [0.15, 0.2) is 42.5 Å². The number of rotatable bonds is 3. The normalized spacial score (nSPS) is 14.4. The van der Waals surface area contributed by atoms with Crippen LogP contribution in [0.4, 0.5) is 5.95 Å². The second-order valence-corrected chi connectivity index (χ2v) is 7.04. The third-order valence-electron chi connectivity index (χ3n) is 5.21. The Kier molecular flexibility index (Phi) is 3.70. The zero-order valence-corrected chi connectivity index (χ0v) is 15.5. The van der Waals surface area contributed by atoms with Crippen LogP contribution in [-0.2, 0) is 0 Å². The first-order valence-electron chi connectivity index (χ1n) is 9.29. The maximum absolute atomic E-state index is 5.29. The highest BCUT2D eigenvalue weighted by Crippen LogP contribution is 2.30. The van der Waals surface area contributed by atoms with Gasteiger partial charge in [0.25, 0.3) is 0 Å². The van der Waals surface area contributed by atoms with Gasteiger partial charge in [0.2, 0.25) is 5.95 Å². The van der Waals surface area contributed by atoms with Crippen molar-refractivity contribution in [3.05, 3.63) is 48.0 Å². The summed E-state index contributed by atoms with van der Waals surface area (Å²) in [5.41, 5.74) is 4.01. The fourth-order valence-corrected chi connectivity index (χ4v) is 3.79. The lowest BCUT2D eigenvalue weighted by atomic mass is 10.1.